The number of halogens is 1. The minimum atomic E-state index is -3.55. The van der Waals surface area contributed by atoms with E-state index in [4.69, 9.17) is 16.3 Å². The second kappa shape index (κ2) is 7.47. The number of sulfonamides is 1. The van der Waals surface area contributed by atoms with Gasteiger partial charge in [-0.3, -0.25) is 0 Å². The topological polar surface area (TPSA) is 71.2 Å². The molecule has 0 aliphatic carbocycles. The Balaban J connectivity index is 1.66. The Morgan fingerprint density at radius 3 is 2.64 bits per heavy atom. The first-order valence-electron chi connectivity index (χ1n) is 7.97. The fraction of sp³-hybridized carbons (Fsp3) is 0.222. The summed E-state index contributed by atoms with van der Waals surface area (Å²) in [5.74, 6) is 0.650. The molecule has 0 spiro atoms. The van der Waals surface area contributed by atoms with E-state index in [1.165, 1.54) is 0 Å². The first-order valence-corrected chi connectivity index (χ1v) is 9.84. The zero-order valence-corrected chi connectivity index (χ0v) is 15.3. The molecule has 132 valence electrons. The number of nitrogens with one attached hydrogen (secondary N) is 2. The van der Waals surface area contributed by atoms with E-state index in [9.17, 15) is 8.42 Å². The number of ether oxygens (including phenoxy) is 1. The van der Waals surface area contributed by atoms with E-state index in [2.05, 4.69) is 9.71 Å². The van der Waals surface area contributed by atoms with Crippen molar-refractivity contribution in [2.45, 2.75) is 18.2 Å². The SMILES string of the molecule is CCOc1ccc(S(=O)(=O)NCCc2c[nH]c3ccc(Cl)cc23)cc1. The summed E-state index contributed by atoms with van der Waals surface area (Å²) in [5.41, 5.74) is 2.00. The molecule has 0 unspecified atom stereocenters. The third-order valence-corrected chi connectivity index (χ3v) is 5.57. The average Bonchev–Trinajstić information content (AvgIpc) is 2.98. The summed E-state index contributed by atoms with van der Waals surface area (Å²) < 4.78 is 32.7. The zero-order chi connectivity index (χ0) is 17.9. The molecule has 3 aromatic rings. The highest BCUT2D eigenvalue weighted by atomic mass is 35.5. The van der Waals surface area contributed by atoms with Crippen LogP contribution in [-0.4, -0.2) is 26.6 Å². The van der Waals surface area contributed by atoms with Crippen LogP contribution in [0, 0.1) is 0 Å². The number of hydrogen-bond acceptors (Lipinski definition) is 3. The Morgan fingerprint density at radius 2 is 1.92 bits per heavy atom. The van der Waals surface area contributed by atoms with E-state index in [0.717, 1.165) is 16.5 Å². The van der Waals surface area contributed by atoms with E-state index in [0.29, 0.717) is 30.3 Å². The highest BCUT2D eigenvalue weighted by Crippen LogP contribution is 2.22. The molecule has 1 aromatic heterocycles. The predicted molar refractivity (Wildman–Crippen MR) is 99.8 cm³/mol. The number of aromatic nitrogens is 1. The number of H-pyrrole nitrogens is 1. The molecule has 0 fully saturated rings. The maximum atomic E-state index is 12.4. The van der Waals surface area contributed by atoms with Crippen molar-refractivity contribution in [3.63, 3.8) is 0 Å². The predicted octanol–water partition coefficient (Wildman–Crippen LogP) is 3.74. The Morgan fingerprint density at radius 1 is 1.16 bits per heavy atom. The molecule has 0 saturated carbocycles. The van der Waals surface area contributed by atoms with Gasteiger partial charge in [0.15, 0.2) is 0 Å². The van der Waals surface area contributed by atoms with Crippen LogP contribution in [0.3, 0.4) is 0 Å². The number of benzene rings is 2. The molecule has 0 saturated heterocycles. The van der Waals surface area contributed by atoms with Crippen molar-refractivity contribution < 1.29 is 13.2 Å². The quantitative estimate of drug-likeness (QED) is 0.657. The molecule has 0 radical (unpaired) electrons. The zero-order valence-electron chi connectivity index (χ0n) is 13.8. The normalized spacial score (nSPS) is 11.8. The maximum Gasteiger partial charge on any atom is 0.240 e. The van der Waals surface area contributed by atoms with E-state index in [-0.39, 0.29) is 4.90 Å². The van der Waals surface area contributed by atoms with Crippen LogP contribution in [0.1, 0.15) is 12.5 Å². The van der Waals surface area contributed by atoms with Crippen LogP contribution < -0.4 is 9.46 Å². The summed E-state index contributed by atoms with van der Waals surface area (Å²) >= 11 is 6.03. The smallest absolute Gasteiger partial charge is 0.240 e. The Hall–Kier alpha value is -2.02. The first-order chi connectivity index (χ1) is 12.0. The van der Waals surface area contributed by atoms with Crippen LogP contribution in [0.25, 0.3) is 10.9 Å². The summed E-state index contributed by atoms with van der Waals surface area (Å²) in [6.45, 7) is 2.72. The van der Waals surface area contributed by atoms with Crippen LogP contribution >= 0.6 is 11.6 Å². The second-order valence-corrected chi connectivity index (χ2v) is 7.76. The molecular weight excluding hydrogens is 360 g/mol. The van der Waals surface area contributed by atoms with Crippen LogP contribution in [0.15, 0.2) is 53.6 Å². The van der Waals surface area contributed by atoms with Gasteiger partial charge < -0.3 is 9.72 Å². The van der Waals surface area contributed by atoms with Gasteiger partial charge in [-0.05, 0) is 61.4 Å². The van der Waals surface area contributed by atoms with Gasteiger partial charge in [-0.2, -0.15) is 0 Å². The van der Waals surface area contributed by atoms with Crippen molar-refractivity contribution in [1.29, 1.82) is 0 Å². The molecule has 0 aliphatic rings. The molecule has 25 heavy (non-hydrogen) atoms. The molecule has 7 heteroatoms. The molecule has 3 rings (SSSR count). The Bertz CT molecular complexity index is 966. The van der Waals surface area contributed by atoms with Crippen LogP contribution in [0.5, 0.6) is 5.75 Å². The lowest BCUT2D eigenvalue weighted by Gasteiger charge is -2.08. The van der Waals surface area contributed by atoms with Crippen LogP contribution in [-0.2, 0) is 16.4 Å². The van der Waals surface area contributed by atoms with Gasteiger partial charge in [0.2, 0.25) is 10.0 Å². The summed E-state index contributed by atoms with van der Waals surface area (Å²) in [4.78, 5) is 3.38. The fourth-order valence-electron chi connectivity index (χ4n) is 2.64. The van der Waals surface area contributed by atoms with Gasteiger partial charge in [-0.25, -0.2) is 13.1 Å². The highest BCUT2D eigenvalue weighted by molar-refractivity contribution is 7.89. The van der Waals surface area contributed by atoms with Gasteiger partial charge in [0.25, 0.3) is 0 Å². The molecule has 0 bridgehead atoms. The maximum absolute atomic E-state index is 12.4. The molecule has 1 heterocycles. The summed E-state index contributed by atoms with van der Waals surface area (Å²) in [5, 5.41) is 1.66. The first kappa shape index (κ1) is 17.8. The third kappa shape index (κ3) is 4.15. The summed E-state index contributed by atoms with van der Waals surface area (Å²) in [6.07, 6.45) is 2.45. The van der Waals surface area contributed by atoms with Crippen molar-refractivity contribution in [3.05, 3.63) is 59.2 Å². The summed E-state index contributed by atoms with van der Waals surface area (Å²) in [6, 6.07) is 12.0. The molecule has 0 amide bonds. The lowest BCUT2D eigenvalue weighted by Crippen LogP contribution is -2.25. The standard InChI is InChI=1S/C18H19ClN2O3S/c1-2-24-15-4-6-16(7-5-15)25(22,23)21-10-9-13-12-20-18-8-3-14(19)11-17(13)18/h3-8,11-12,20-21H,2,9-10H2,1H3. The minimum Gasteiger partial charge on any atom is -0.494 e. The number of hydrogen-bond donors (Lipinski definition) is 2. The minimum absolute atomic E-state index is 0.220. The monoisotopic (exact) mass is 378 g/mol. The van der Waals surface area contributed by atoms with E-state index in [1.807, 2.05) is 31.3 Å². The van der Waals surface area contributed by atoms with E-state index >= 15 is 0 Å². The molecule has 0 atom stereocenters. The molecule has 5 nitrogen and oxygen atoms in total. The van der Waals surface area contributed by atoms with Crippen molar-refractivity contribution in [3.8, 4) is 5.75 Å². The largest absolute Gasteiger partial charge is 0.494 e. The lowest BCUT2D eigenvalue weighted by atomic mass is 10.1. The summed E-state index contributed by atoms with van der Waals surface area (Å²) in [7, 11) is -3.55. The molecular formula is C18H19ClN2O3S. The van der Waals surface area contributed by atoms with E-state index < -0.39 is 10.0 Å². The lowest BCUT2D eigenvalue weighted by molar-refractivity contribution is 0.340. The highest BCUT2D eigenvalue weighted by Gasteiger charge is 2.14. The number of aromatic amines is 1. The van der Waals surface area contributed by atoms with Gasteiger partial charge >= 0.3 is 0 Å². The third-order valence-electron chi connectivity index (χ3n) is 3.86. The van der Waals surface area contributed by atoms with Crippen molar-refractivity contribution in [1.82, 2.24) is 9.71 Å². The van der Waals surface area contributed by atoms with Crippen molar-refractivity contribution in [2.24, 2.45) is 0 Å². The van der Waals surface area contributed by atoms with E-state index in [1.54, 1.807) is 24.3 Å². The van der Waals surface area contributed by atoms with Gasteiger partial charge in [0.1, 0.15) is 5.75 Å². The second-order valence-electron chi connectivity index (χ2n) is 5.56. The number of fused-ring (bicyclic) bond motifs is 1. The van der Waals surface area contributed by atoms with Gasteiger partial charge in [0.05, 0.1) is 11.5 Å². The molecule has 2 aromatic carbocycles. The van der Waals surface area contributed by atoms with Crippen molar-refractivity contribution in [2.75, 3.05) is 13.2 Å². The number of rotatable bonds is 7. The Labute approximate surface area is 152 Å². The van der Waals surface area contributed by atoms with Crippen molar-refractivity contribution >= 4 is 32.5 Å². The van der Waals surface area contributed by atoms with Gasteiger partial charge in [-0.1, -0.05) is 11.6 Å². The molecule has 0 aliphatic heterocycles. The van der Waals surface area contributed by atoms with Crippen LogP contribution in [0.2, 0.25) is 5.02 Å². The molecule has 2 N–H and O–H groups in total. The van der Waals surface area contributed by atoms with Crippen LogP contribution in [0.4, 0.5) is 0 Å². The Kier molecular flexibility index (Phi) is 5.32. The van der Waals surface area contributed by atoms with Gasteiger partial charge in [0, 0.05) is 28.7 Å². The fourth-order valence-corrected chi connectivity index (χ4v) is 3.85. The average molecular weight is 379 g/mol. The van der Waals surface area contributed by atoms with Gasteiger partial charge in [-0.15, -0.1) is 0 Å².